The molecule has 0 saturated heterocycles. The fourth-order valence-corrected chi connectivity index (χ4v) is 1.76. The largest absolute Gasteiger partial charge is 0.496 e. The molecule has 0 radical (unpaired) electrons. The molecule has 0 atom stereocenters. The van der Waals surface area contributed by atoms with Crippen LogP contribution in [0.3, 0.4) is 0 Å². The second-order valence-electron chi connectivity index (χ2n) is 4.38. The van der Waals surface area contributed by atoms with Gasteiger partial charge in [-0.1, -0.05) is 6.07 Å². The molecule has 0 aliphatic heterocycles. The maximum Gasteiger partial charge on any atom is 0.259 e. The van der Waals surface area contributed by atoms with Crippen LogP contribution in [0.1, 0.15) is 15.9 Å². The van der Waals surface area contributed by atoms with Crippen LogP contribution in [0.15, 0.2) is 36.4 Å². The van der Waals surface area contributed by atoms with Crippen molar-refractivity contribution in [1.29, 1.82) is 0 Å². The zero-order chi connectivity index (χ0) is 14.7. The SMILES string of the molecule is COc1cc(N)ccc1C(=O)Nc1ccc(C)c(F)c1. The van der Waals surface area contributed by atoms with E-state index >= 15 is 0 Å². The van der Waals surface area contributed by atoms with E-state index in [2.05, 4.69) is 5.32 Å². The number of anilines is 2. The van der Waals surface area contributed by atoms with Crippen molar-refractivity contribution < 1.29 is 13.9 Å². The lowest BCUT2D eigenvalue weighted by atomic mass is 10.1. The predicted molar refractivity (Wildman–Crippen MR) is 76.5 cm³/mol. The van der Waals surface area contributed by atoms with Gasteiger partial charge in [-0.3, -0.25) is 4.79 Å². The first-order valence-electron chi connectivity index (χ1n) is 6.02. The van der Waals surface area contributed by atoms with Gasteiger partial charge in [0, 0.05) is 17.4 Å². The van der Waals surface area contributed by atoms with Gasteiger partial charge in [-0.2, -0.15) is 0 Å². The quantitative estimate of drug-likeness (QED) is 0.846. The molecule has 0 saturated carbocycles. The molecule has 0 aromatic heterocycles. The molecule has 4 nitrogen and oxygen atoms in total. The van der Waals surface area contributed by atoms with Crippen molar-refractivity contribution in [2.75, 3.05) is 18.2 Å². The number of aryl methyl sites for hydroxylation is 1. The van der Waals surface area contributed by atoms with Crippen LogP contribution in [0.25, 0.3) is 0 Å². The number of ether oxygens (including phenoxy) is 1. The molecule has 3 N–H and O–H groups in total. The van der Waals surface area contributed by atoms with Gasteiger partial charge in [0.1, 0.15) is 11.6 Å². The zero-order valence-corrected chi connectivity index (χ0v) is 11.2. The Labute approximate surface area is 116 Å². The Hall–Kier alpha value is -2.56. The van der Waals surface area contributed by atoms with Crippen molar-refractivity contribution in [2.24, 2.45) is 0 Å². The molecule has 0 bridgehead atoms. The van der Waals surface area contributed by atoms with Gasteiger partial charge in [0.05, 0.1) is 12.7 Å². The third-order valence-electron chi connectivity index (χ3n) is 2.90. The smallest absolute Gasteiger partial charge is 0.259 e. The molecule has 104 valence electrons. The highest BCUT2D eigenvalue weighted by molar-refractivity contribution is 6.06. The first-order valence-corrected chi connectivity index (χ1v) is 6.02. The number of amides is 1. The summed E-state index contributed by atoms with van der Waals surface area (Å²) in [6.45, 7) is 1.66. The first-order chi connectivity index (χ1) is 9.51. The third-order valence-corrected chi connectivity index (χ3v) is 2.90. The van der Waals surface area contributed by atoms with Gasteiger partial charge in [-0.05, 0) is 36.8 Å². The van der Waals surface area contributed by atoms with Crippen molar-refractivity contribution in [3.63, 3.8) is 0 Å². The number of nitrogen functional groups attached to an aromatic ring is 1. The predicted octanol–water partition coefficient (Wildman–Crippen LogP) is 2.98. The molecule has 20 heavy (non-hydrogen) atoms. The van der Waals surface area contributed by atoms with Gasteiger partial charge in [-0.25, -0.2) is 4.39 Å². The molecule has 0 spiro atoms. The Morgan fingerprint density at radius 2 is 2.00 bits per heavy atom. The fraction of sp³-hybridized carbons (Fsp3) is 0.133. The number of rotatable bonds is 3. The van der Waals surface area contributed by atoms with E-state index in [1.165, 1.54) is 13.2 Å². The van der Waals surface area contributed by atoms with Crippen LogP contribution in [-0.2, 0) is 0 Å². The van der Waals surface area contributed by atoms with Crippen LogP contribution in [-0.4, -0.2) is 13.0 Å². The van der Waals surface area contributed by atoms with Crippen molar-refractivity contribution in [3.05, 3.63) is 53.3 Å². The number of nitrogens with one attached hydrogen (secondary N) is 1. The molecule has 2 rings (SSSR count). The van der Waals surface area contributed by atoms with Crippen LogP contribution in [0, 0.1) is 12.7 Å². The summed E-state index contributed by atoms with van der Waals surface area (Å²) in [5.74, 6) is -0.382. The van der Waals surface area contributed by atoms with E-state index in [4.69, 9.17) is 10.5 Å². The number of carbonyl (C=O) groups is 1. The molecular weight excluding hydrogens is 259 g/mol. The highest BCUT2D eigenvalue weighted by Crippen LogP contribution is 2.23. The summed E-state index contributed by atoms with van der Waals surface area (Å²) >= 11 is 0. The van der Waals surface area contributed by atoms with Crippen molar-refractivity contribution in [1.82, 2.24) is 0 Å². The third kappa shape index (κ3) is 2.88. The van der Waals surface area contributed by atoms with Crippen molar-refractivity contribution in [2.45, 2.75) is 6.92 Å². The summed E-state index contributed by atoms with van der Waals surface area (Å²) in [7, 11) is 1.46. The Kier molecular flexibility index (Phi) is 3.89. The minimum atomic E-state index is -0.384. The molecule has 0 heterocycles. The lowest BCUT2D eigenvalue weighted by molar-refractivity contribution is 0.102. The van der Waals surface area contributed by atoms with Crippen LogP contribution in [0.5, 0.6) is 5.75 Å². The van der Waals surface area contributed by atoms with Gasteiger partial charge in [0.15, 0.2) is 0 Å². The molecule has 2 aromatic rings. The van der Waals surface area contributed by atoms with E-state index in [9.17, 15) is 9.18 Å². The Balaban J connectivity index is 2.25. The van der Waals surface area contributed by atoms with Gasteiger partial charge >= 0.3 is 0 Å². The Bertz CT molecular complexity index is 656. The molecular formula is C15H15FN2O2. The molecule has 0 unspecified atom stereocenters. The maximum absolute atomic E-state index is 13.4. The minimum absolute atomic E-state index is 0.336. The highest BCUT2D eigenvalue weighted by atomic mass is 19.1. The summed E-state index contributed by atoms with van der Waals surface area (Å²) in [4.78, 5) is 12.1. The fourth-order valence-electron chi connectivity index (χ4n) is 1.76. The van der Waals surface area contributed by atoms with Crippen LogP contribution in [0.4, 0.5) is 15.8 Å². The number of halogens is 1. The lowest BCUT2D eigenvalue weighted by Gasteiger charge is -2.10. The normalized spacial score (nSPS) is 10.2. The minimum Gasteiger partial charge on any atom is -0.496 e. The lowest BCUT2D eigenvalue weighted by Crippen LogP contribution is -2.13. The molecule has 1 amide bonds. The Morgan fingerprint density at radius 1 is 1.25 bits per heavy atom. The van der Waals surface area contributed by atoms with Gasteiger partial charge < -0.3 is 15.8 Å². The highest BCUT2D eigenvalue weighted by Gasteiger charge is 2.13. The van der Waals surface area contributed by atoms with E-state index in [-0.39, 0.29) is 11.7 Å². The topological polar surface area (TPSA) is 64.3 Å². The van der Waals surface area contributed by atoms with E-state index in [0.29, 0.717) is 28.3 Å². The number of hydrogen-bond acceptors (Lipinski definition) is 3. The second-order valence-corrected chi connectivity index (χ2v) is 4.38. The average molecular weight is 274 g/mol. The standard InChI is InChI=1S/C15H15FN2O2/c1-9-3-5-11(8-13(9)16)18-15(19)12-6-4-10(17)7-14(12)20-2/h3-8H,17H2,1-2H3,(H,18,19). The van der Waals surface area contributed by atoms with Gasteiger partial charge in [0.25, 0.3) is 5.91 Å². The first kappa shape index (κ1) is 13.9. The summed E-state index contributed by atoms with van der Waals surface area (Å²) in [6, 6.07) is 9.24. The molecule has 5 heteroatoms. The average Bonchev–Trinajstić information content (AvgIpc) is 2.42. The maximum atomic E-state index is 13.4. The summed E-state index contributed by atoms with van der Waals surface area (Å²) in [5.41, 5.74) is 7.37. The summed E-state index contributed by atoms with van der Waals surface area (Å²) in [5, 5.41) is 2.62. The van der Waals surface area contributed by atoms with Crippen molar-refractivity contribution in [3.8, 4) is 5.75 Å². The zero-order valence-electron chi connectivity index (χ0n) is 11.2. The van der Waals surface area contributed by atoms with Crippen LogP contribution in [0.2, 0.25) is 0 Å². The van der Waals surface area contributed by atoms with Crippen molar-refractivity contribution >= 4 is 17.3 Å². The molecule has 0 fully saturated rings. The van der Waals surface area contributed by atoms with Gasteiger partial charge in [0.2, 0.25) is 0 Å². The van der Waals surface area contributed by atoms with E-state index in [0.717, 1.165) is 0 Å². The number of benzene rings is 2. The van der Waals surface area contributed by atoms with E-state index in [1.807, 2.05) is 0 Å². The van der Waals surface area contributed by atoms with E-state index in [1.54, 1.807) is 37.3 Å². The summed E-state index contributed by atoms with van der Waals surface area (Å²) in [6.07, 6.45) is 0. The van der Waals surface area contributed by atoms with Crippen LogP contribution < -0.4 is 15.8 Å². The number of methoxy groups -OCH3 is 1. The monoisotopic (exact) mass is 274 g/mol. The summed E-state index contributed by atoms with van der Waals surface area (Å²) < 4.78 is 18.6. The second kappa shape index (κ2) is 5.61. The van der Waals surface area contributed by atoms with Gasteiger partial charge in [-0.15, -0.1) is 0 Å². The Morgan fingerprint density at radius 3 is 2.65 bits per heavy atom. The van der Waals surface area contributed by atoms with E-state index < -0.39 is 0 Å². The molecule has 2 aromatic carbocycles. The number of nitrogens with two attached hydrogens (primary N) is 1. The molecule has 0 aliphatic rings. The number of carbonyl (C=O) groups excluding carboxylic acids is 1. The number of hydrogen-bond donors (Lipinski definition) is 2. The van der Waals surface area contributed by atoms with Crippen LogP contribution >= 0.6 is 0 Å². The molecule has 0 aliphatic carbocycles.